The van der Waals surface area contributed by atoms with E-state index in [1.54, 1.807) is 6.07 Å². The molecule has 1 heterocycles. The van der Waals surface area contributed by atoms with E-state index in [-0.39, 0.29) is 17.8 Å². The quantitative estimate of drug-likeness (QED) is 0.635. The fourth-order valence-corrected chi connectivity index (χ4v) is 2.34. The molecule has 114 valence electrons. The van der Waals surface area contributed by atoms with Crippen molar-refractivity contribution in [2.75, 3.05) is 25.0 Å². The fourth-order valence-electron chi connectivity index (χ4n) is 2.34. The lowest BCUT2D eigenvalue weighted by Crippen LogP contribution is -2.30. The highest BCUT2D eigenvalue weighted by molar-refractivity contribution is 5.99. The maximum Gasteiger partial charge on any atom is 0.282 e. The maximum absolute atomic E-state index is 12.4. The number of rotatable bonds is 5. The topological polar surface area (TPSA) is 95.7 Å². The van der Waals surface area contributed by atoms with Crippen molar-refractivity contribution in [1.29, 1.82) is 0 Å². The van der Waals surface area contributed by atoms with Crippen LogP contribution in [0.1, 0.15) is 30.1 Å². The Bertz CT molecular complexity index is 547. The van der Waals surface area contributed by atoms with Gasteiger partial charge in [-0.2, -0.15) is 0 Å². The summed E-state index contributed by atoms with van der Waals surface area (Å²) in [6.07, 6.45) is 0.876. The van der Waals surface area contributed by atoms with Crippen molar-refractivity contribution in [1.82, 2.24) is 4.90 Å². The third-order valence-corrected chi connectivity index (χ3v) is 3.45. The lowest BCUT2D eigenvalue weighted by Gasteiger charge is -2.16. The summed E-state index contributed by atoms with van der Waals surface area (Å²) in [5.74, 6) is -0.404. The Morgan fingerprint density at radius 3 is 2.90 bits per heavy atom. The van der Waals surface area contributed by atoms with E-state index in [9.17, 15) is 20.0 Å². The highest BCUT2D eigenvalue weighted by Crippen LogP contribution is 2.25. The fraction of sp³-hybridized carbons (Fsp3) is 0.500. The van der Waals surface area contributed by atoms with Crippen molar-refractivity contribution >= 4 is 17.3 Å². The lowest BCUT2D eigenvalue weighted by atomic mass is 10.1. The second-order valence-corrected chi connectivity index (χ2v) is 5.11. The van der Waals surface area contributed by atoms with Crippen molar-refractivity contribution < 1.29 is 14.8 Å². The molecule has 0 bridgehead atoms. The molecule has 7 heteroatoms. The van der Waals surface area contributed by atoms with Gasteiger partial charge in [-0.25, -0.2) is 0 Å². The van der Waals surface area contributed by atoms with Gasteiger partial charge in [0.2, 0.25) is 0 Å². The number of carbonyl (C=O) groups is 1. The van der Waals surface area contributed by atoms with Crippen LogP contribution in [0.2, 0.25) is 0 Å². The van der Waals surface area contributed by atoms with E-state index in [2.05, 4.69) is 5.32 Å². The van der Waals surface area contributed by atoms with Crippen LogP contribution >= 0.6 is 0 Å². The van der Waals surface area contributed by atoms with Crippen LogP contribution in [0.5, 0.6) is 0 Å². The first-order chi connectivity index (χ1) is 10.0. The summed E-state index contributed by atoms with van der Waals surface area (Å²) in [5.41, 5.74) is 0.546. The molecule has 1 unspecified atom stereocenters. The summed E-state index contributed by atoms with van der Waals surface area (Å²) in [6.45, 7) is 3.39. The van der Waals surface area contributed by atoms with Crippen molar-refractivity contribution in [2.24, 2.45) is 0 Å². The number of hydrogen-bond acceptors (Lipinski definition) is 5. The molecule has 1 amide bonds. The molecule has 0 radical (unpaired) electrons. The summed E-state index contributed by atoms with van der Waals surface area (Å²) in [7, 11) is 0. The van der Waals surface area contributed by atoms with Gasteiger partial charge in [0.25, 0.3) is 11.6 Å². The molecule has 1 aromatic carbocycles. The average Bonchev–Trinajstić information content (AvgIpc) is 2.90. The van der Waals surface area contributed by atoms with Crippen molar-refractivity contribution in [3.8, 4) is 0 Å². The van der Waals surface area contributed by atoms with Gasteiger partial charge in [-0.1, -0.05) is 6.92 Å². The molecule has 0 saturated carbocycles. The molecule has 0 spiro atoms. The van der Waals surface area contributed by atoms with Gasteiger partial charge in [0.1, 0.15) is 5.56 Å². The highest BCUT2D eigenvalue weighted by atomic mass is 16.6. The van der Waals surface area contributed by atoms with Crippen LogP contribution in [0, 0.1) is 10.1 Å². The summed E-state index contributed by atoms with van der Waals surface area (Å²) in [4.78, 5) is 24.4. The summed E-state index contributed by atoms with van der Waals surface area (Å²) in [5, 5.41) is 23.7. The predicted molar refractivity (Wildman–Crippen MR) is 78.4 cm³/mol. The van der Waals surface area contributed by atoms with E-state index >= 15 is 0 Å². The number of nitrogens with zero attached hydrogens (tertiary/aromatic N) is 2. The maximum atomic E-state index is 12.4. The number of aliphatic hydroxyl groups excluding tert-OH is 1. The summed E-state index contributed by atoms with van der Waals surface area (Å²) < 4.78 is 0. The molecule has 1 aromatic rings. The van der Waals surface area contributed by atoms with Crippen LogP contribution in [-0.4, -0.2) is 46.6 Å². The van der Waals surface area contributed by atoms with Gasteiger partial charge in [0.05, 0.1) is 11.0 Å². The summed E-state index contributed by atoms with van der Waals surface area (Å²) in [6, 6.07) is 4.46. The van der Waals surface area contributed by atoms with E-state index in [1.807, 2.05) is 6.92 Å². The number of amides is 1. The molecule has 1 saturated heterocycles. The number of benzene rings is 1. The highest BCUT2D eigenvalue weighted by Gasteiger charge is 2.30. The second-order valence-electron chi connectivity index (χ2n) is 5.11. The van der Waals surface area contributed by atoms with Crippen LogP contribution in [-0.2, 0) is 0 Å². The normalized spacial score (nSPS) is 17.8. The number of nitrogens with one attached hydrogen (secondary N) is 1. The van der Waals surface area contributed by atoms with Gasteiger partial charge >= 0.3 is 0 Å². The van der Waals surface area contributed by atoms with Gasteiger partial charge in [0, 0.05) is 31.4 Å². The predicted octanol–water partition coefficient (Wildman–Crippen LogP) is 1.62. The van der Waals surface area contributed by atoms with Crippen molar-refractivity contribution in [2.45, 2.75) is 25.9 Å². The van der Waals surface area contributed by atoms with Crippen LogP contribution in [0.4, 0.5) is 11.4 Å². The zero-order valence-electron chi connectivity index (χ0n) is 11.9. The standard InChI is InChI=1S/C14H19N3O4/c1-2-6-15-10-3-4-13(17(20)21)12(8-10)14(19)16-7-5-11(18)9-16/h3-4,8,11,15,18H,2,5-7,9H2,1H3. The van der Waals surface area contributed by atoms with Gasteiger partial charge in [0.15, 0.2) is 0 Å². The first-order valence-electron chi connectivity index (χ1n) is 7.02. The number of β-amino-alcohol motifs (C(OH)–C–C–N with tert-alkyl or cyclic N) is 1. The monoisotopic (exact) mass is 293 g/mol. The first-order valence-corrected chi connectivity index (χ1v) is 7.02. The molecule has 7 nitrogen and oxygen atoms in total. The molecule has 0 aromatic heterocycles. The van der Waals surface area contributed by atoms with Gasteiger partial charge < -0.3 is 15.3 Å². The van der Waals surface area contributed by atoms with Crippen LogP contribution in [0.3, 0.4) is 0 Å². The Hall–Kier alpha value is -2.15. The minimum atomic E-state index is -0.552. The number of carbonyl (C=O) groups excluding carboxylic acids is 1. The molecule has 2 N–H and O–H groups in total. The number of likely N-dealkylation sites (tertiary alicyclic amines) is 1. The molecule has 1 fully saturated rings. The zero-order chi connectivity index (χ0) is 15.4. The minimum absolute atomic E-state index is 0.0650. The molecule has 21 heavy (non-hydrogen) atoms. The Labute approximate surface area is 122 Å². The van der Waals surface area contributed by atoms with Crippen molar-refractivity contribution in [3.63, 3.8) is 0 Å². The molecule has 1 atom stereocenters. The minimum Gasteiger partial charge on any atom is -0.391 e. The molecule has 0 aliphatic carbocycles. The molecule has 1 aliphatic rings. The lowest BCUT2D eigenvalue weighted by molar-refractivity contribution is -0.385. The summed E-state index contributed by atoms with van der Waals surface area (Å²) >= 11 is 0. The van der Waals surface area contributed by atoms with Gasteiger partial charge in [-0.15, -0.1) is 0 Å². The SMILES string of the molecule is CCCNc1ccc([N+](=O)[O-])c(C(=O)N2CCC(O)C2)c1. The second kappa shape index (κ2) is 6.53. The Morgan fingerprint density at radius 2 is 2.33 bits per heavy atom. The van der Waals surface area contributed by atoms with Crippen LogP contribution in [0.15, 0.2) is 18.2 Å². The van der Waals surface area contributed by atoms with E-state index < -0.39 is 16.9 Å². The Morgan fingerprint density at radius 1 is 1.57 bits per heavy atom. The zero-order valence-corrected chi connectivity index (χ0v) is 11.9. The van der Waals surface area contributed by atoms with E-state index in [0.29, 0.717) is 18.7 Å². The third-order valence-electron chi connectivity index (χ3n) is 3.45. The van der Waals surface area contributed by atoms with Crippen LogP contribution in [0.25, 0.3) is 0 Å². The number of anilines is 1. The largest absolute Gasteiger partial charge is 0.391 e. The third kappa shape index (κ3) is 3.49. The molecule has 1 aliphatic heterocycles. The number of nitro benzene ring substituents is 1. The number of nitro groups is 1. The van der Waals surface area contributed by atoms with Gasteiger partial charge in [-0.3, -0.25) is 14.9 Å². The van der Waals surface area contributed by atoms with Crippen molar-refractivity contribution in [3.05, 3.63) is 33.9 Å². The molecule has 2 rings (SSSR count). The number of hydrogen-bond donors (Lipinski definition) is 2. The van der Waals surface area contributed by atoms with Gasteiger partial charge in [-0.05, 0) is 25.0 Å². The number of aliphatic hydroxyl groups is 1. The van der Waals surface area contributed by atoms with E-state index in [1.165, 1.54) is 17.0 Å². The first kappa shape index (κ1) is 15.2. The molecular formula is C14H19N3O4. The Balaban J connectivity index is 2.29. The van der Waals surface area contributed by atoms with E-state index in [0.717, 1.165) is 13.0 Å². The Kier molecular flexibility index (Phi) is 4.74. The molecular weight excluding hydrogens is 274 g/mol. The average molecular weight is 293 g/mol. The smallest absolute Gasteiger partial charge is 0.282 e. The van der Waals surface area contributed by atoms with Crippen LogP contribution < -0.4 is 5.32 Å². The van der Waals surface area contributed by atoms with E-state index in [4.69, 9.17) is 0 Å².